The van der Waals surface area contributed by atoms with E-state index in [1.807, 2.05) is 0 Å². The number of fused-ring (bicyclic) bond motifs is 7. The van der Waals surface area contributed by atoms with Crippen LogP contribution in [-0.4, -0.2) is 14.1 Å². The van der Waals surface area contributed by atoms with Gasteiger partial charge in [-0.2, -0.15) is 0 Å². The molecule has 2 heterocycles. The molecule has 1 aliphatic carbocycles. The Kier molecular flexibility index (Phi) is 4.95. The lowest BCUT2D eigenvalue weighted by Crippen LogP contribution is -2.14. The minimum absolute atomic E-state index is 0.0421. The molecular formula is C40H29N3. The first-order chi connectivity index (χ1) is 21.1. The van der Waals surface area contributed by atoms with E-state index in [1.165, 1.54) is 44.1 Å². The second-order valence-electron chi connectivity index (χ2n) is 12.1. The molecule has 0 fully saturated rings. The molecule has 1 aliphatic rings. The molecule has 0 N–H and O–H groups in total. The van der Waals surface area contributed by atoms with Gasteiger partial charge in [0.25, 0.3) is 0 Å². The molecule has 0 saturated carbocycles. The smallest absolute Gasteiger partial charge is 0.145 e. The van der Waals surface area contributed by atoms with E-state index in [0.717, 1.165) is 33.8 Å². The van der Waals surface area contributed by atoms with Gasteiger partial charge in [0.05, 0.1) is 22.1 Å². The van der Waals surface area contributed by atoms with Gasteiger partial charge in [0.1, 0.15) is 5.82 Å². The molecule has 0 aliphatic heterocycles. The SMILES string of the molecule is CC1(C)c2ccccc2-c2cc3c(cc21)c1ccccc1n3-c1cccc(-n2c(-c3ccccc3)nc3ccccc32)c1. The predicted molar refractivity (Wildman–Crippen MR) is 178 cm³/mol. The topological polar surface area (TPSA) is 22.8 Å². The van der Waals surface area contributed by atoms with Crippen molar-refractivity contribution in [1.29, 1.82) is 0 Å². The third kappa shape index (κ3) is 3.39. The number of benzene rings is 6. The molecule has 0 saturated heterocycles. The van der Waals surface area contributed by atoms with Crippen LogP contribution in [0.3, 0.4) is 0 Å². The monoisotopic (exact) mass is 551 g/mol. The molecule has 8 aromatic rings. The summed E-state index contributed by atoms with van der Waals surface area (Å²) < 4.78 is 4.72. The Morgan fingerprint density at radius 1 is 0.488 bits per heavy atom. The molecule has 9 rings (SSSR count). The first-order valence-electron chi connectivity index (χ1n) is 14.9. The van der Waals surface area contributed by atoms with Gasteiger partial charge in [-0.05, 0) is 70.8 Å². The fraction of sp³-hybridized carbons (Fsp3) is 0.0750. The number of imidazole rings is 1. The first kappa shape index (κ1) is 24.2. The summed E-state index contributed by atoms with van der Waals surface area (Å²) in [4.78, 5) is 5.08. The molecule has 0 atom stereocenters. The van der Waals surface area contributed by atoms with Crippen molar-refractivity contribution in [1.82, 2.24) is 14.1 Å². The van der Waals surface area contributed by atoms with Gasteiger partial charge < -0.3 is 4.57 Å². The molecule has 0 unspecified atom stereocenters. The molecule has 0 amide bonds. The summed E-state index contributed by atoms with van der Waals surface area (Å²) in [6, 6.07) is 50.3. The minimum Gasteiger partial charge on any atom is -0.309 e. The molecule has 2 aromatic heterocycles. The van der Waals surface area contributed by atoms with E-state index < -0.39 is 0 Å². The number of para-hydroxylation sites is 3. The Labute approximate surface area is 250 Å². The maximum absolute atomic E-state index is 5.08. The molecule has 204 valence electrons. The van der Waals surface area contributed by atoms with E-state index >= 15 is 0 Å². The van der Waals surface area contributed by atoms with Gasteiger partial charge in [0, 0.05) is 33.1 Å². The van der Waals surface area contributed by atoms with Crippen LogP contribution in [0.5, 0.6) is 0 Å². The van der Waals surface area contributed by atoms with Crippen molar-refractivity contribution in [3.05, 3.63) is 151 Å². The number of hydrogen-bond acceptors (Lipinski definition) is 1. The lowest BCUT2D eigenvalue weighted by Gasteiger charge is -2.21. The van der Waals surface area contributed by atoms with E-state index in [-0.39, 0.29) is 5.41 Å². The molecule has 3 nitrogen and oxygen atoms in total. The summed E-state index contributed by atoms with van der Waals surface area (Å²) >= 11 is 0. The lowest BCUT2D eigenvalue weighted by atomic mass is 9.82. The lowest BCUT2D eigenvalue weighted by molar-refractivity contribution is 0.661. The zero-order valence-electron chi connectivity index (χ0n) is 24.1. The van der Waals surface area contributed by atoms with Crippen molar-refractivity contribution in [2.45, 2.75) is 19.3 Å². The van der Waals surface area contributed by atoms with E-state index in [2.05, 4.69) is 163 Å². The molecule has 0 bridgehead atoms. The minimum atomic E-state index is -0.0421. The molecule has 0 spiro atoms. The standard InChI is InChI=1S/C40H29N3/c1-40(2)33-19-8-6-17-29(33)31-25-38-32(24-34(31)40)30-18-7-10-21-36(30)42(38)27-15-12-16-28(23-27)43-37-22-11-9-20-35(37)41-39(43)26-13-4-3-5-14-26/h3-25H,1-2H3. The number of aromatic nitrogens is 3. The summed E-state index contributed by atoms with van der Waals surface area (Å²) in [6.45, 7) is 4.71. The Hall–Kier alpha value is -5.41. The van der Waals surface area contributed by atoms with Crippen LogP contribution in [-0.2, 0) is 5.41 Å². The van der Waals surface area contributed by atoms with Crippen LogP contribution < -0.4 is 0 Å². The largest absolute Gasteiger partial charge is 0.309 e. The zero-order chi connectivity index (χ0) is 28.7. The van der Waals surface area contributed by atoms with Gasteiger partial charge in [-0.15, -0.1) is 0 Å². The summed E-state index contributed by atoms with van der Waals surface area (Å²) in [5.41, 5.74) is 13.3. The van der Waals surface area contributed by atoms with Gasteiger partial charge in [-0.1, -0.05) is 105 Å². The fourth-order valence-electron chi connectivity index (χ4n) is 7.28. The predicted octanol–water partition coefficient (Wildman–Crippen LogP) is 10.1. The van der Waals surface area contributed by atoms with Crippen LogP contribution in [0.15, 0.2) is 140 Å². The van der Waals surface area contributed by atoms with E-state index in [0.29, 0.717) is 0 Å². The van der Waals surface area contributed by atoms with E-state index in [4.69, 9.17) is 4.98 Å². The van der Waals surface area contributed by atoms with Crippen LogP contribution in [0.25, 0.3) is 66.7 Å². The third-order valence-corrected chi connectivity index (χ3v) is 9.31. The second kappa shape index (κ2) is 8.80. The van der Waals surface area contributed by atoms with Gasteiger partial charge in [-0.3, -0.25) is 4.57 Å². The second-order valence-corrected chi connectivity index (χ2v) is 12.1. The highest BCUT2D eigenvalue weighted by atomic mass is 15.1. The summed E-state index contributed by atoms with van der Waals surface area (Å²) in [5, 5.41) is 2.56. The van der Waals surface area contributed by atoms with Crippen LogP contribution in [0.4, 0.5) is 0 Å². The average molecular weight is 552 g/mol. The molecule has 0 radical (unpaired) electrons. The molecule has 6 aromatic carbocycles. The highest BCUT2D eigenvalue weighted by molar-refractivity contribution is 6.11. The van der Waals surface area contributed by atoms with Crippen molar-refractivity contribution in [3.8, 4) is 33.9 Å². The molecule has 3 heteroatoms. The van der Waals surface area contributed by atoms with Gasteiger partial charge in [0.2, 0.25) is 0 Å². The van der Waals surface area contributed by atoms with Gasteiger partial charge >= 0.3 is 0 Å². The fourth-order valence-corrected chi connectivity index (χ4v) is 7.28. The van der Waals surface area contributed by atoms with Crippen LogP contribution in [0.1, 0.15) is 25.0 Å². The maximum Gasteiger partial charge on any atom is 0.145 e. The van der Waals surface area contributed by atoms with Gasteiger partial charge in [-0.25, -0.2) is 4.98 Å². The quantitative estimate of drug-likeness (QED) is 0.214. The zero-order valence-corrected chi connectivity index (χ0v) is 24.1. The maximum atomic E-state index is 5.08. The highest BCUT2D eigenvalue weighted by Crippen LogP contribution is 2.51. The van der Waals surface area contributed by atoms with Gasteiger partial charge in [0.15, 0.2) is 0 Å². The molecule has 43 heavy (non-hydrogen) atoms. The number of nitrogens with zero attached hydrogens (tertiary/aromatic N) is 3. The van der Waals surface area contributed by atoms with Crippen LogP contribution in [0, 0.1) is 0 Å². The molecular weight excluding hydrogens is 522 g/mol. The highest BCUT2D eigenvalue weighted by Gasteiger charge is 2.36. The summed E-state index contributed by atoms with van der Waals surface area (Å²) in [5.74, 6) is 0.942. The Bertz CT molecular complexity index is 2370. The van der Waals surface area contributed by atoms with Crippen molar-refractivity contribution in [3.63, 3.8) is 0 Å². The van der Waals surface area contributed by atoms with Crippen molar-refractivity contribution < 1.29 is 0 Å². The third-order valence-electron chi connectivity index (χ3n) is 9.31. The summed E-state index contributed by atoms with van der Waals surface area (Å²) in [7, 11) is 0. The van der Waals surface area contributed by atoms with Crippen LogP contribution in [0.2, 0.25) is 0 Å². The number of hydrogen-bond donors (Lipinski definition) is 0. The normalized spacial score (nSPS) is 13.5. The van der Waals surface area contributed by atoms with E-state index in [1.54, 1.807) is 0 Å². The van der Waals surface area contributed by atoms with Crippen molar-refractivity contribution in [2.75, 3.05) is 0 Å². The number of rotatable bonds is 3. The average Bonchev–Trinajstić information content (AvgIpc) is 3.67. The van der Waals surface area contributed by atoms with Crippen molar-refractivity contribution >= 4 is 32.8 Å². The van der Waals surface area contributed by atoms with Crippen LogP contribution >= 0.6 is 0 Å². The Balaban J connectivity index is 1.32. The first-order valence-corrected chi connectivity index (χ1v) is 14.9. The Morgan fingerprint density at radius 2 is 1.19 bits per heavy atom. The van der Waals surface area contributed by atoms with E-state index in [9.17, 15) is 0 Å². The van der Waals surface area contributed by atoms with Crippen molar-refractivity contribution in [2.24, 2.45) is 0 Å². The Morgan fingerprint density at radius 3 is 2.05 bits per heavy atom. The summed E-state index contributed by atoms with van der Waals surface area (Å²) in [6.07, 6.45) is 0.